The summed E-state index contributed by atoms with van der Waals surface area (Å²) >= 11 is 0. The van der Waals surface area contributed by atoms with Gasteiger partial charge in [0, 0.05) is 12.1 Å². The van der Waals surface area contributed by atoms with Gasteiger partial charge >= 0.3 is 5.69 Å². The standard InChI is InChI=1S/C25H24N6O3/c1-2-3-14-29-17-26-22-21(29)24(32)31(25(33)30(22)15-18-10-6-4-7-11-18)16-20-27-28-23(34-20)19-12-8-5-9-13-19/h4-13,17H,2-3,14-16H2,1H3. The molecule has 0 bridgehead atoms. The molecule has 0 atom stereocenters. The Morgan fingerprint density at radius 3 is 2.35 bits per heavy atom. The van der Waals surface area contributed by atoms with Crippen LogP contribution in [-0.4, -0.2) is 28.9 Å². The molecule has 2 aromatic carbocycles. The number of nitrogens with zero attached hydrogens (tertiary/aromatic N) is 6. The van der Waals surface area contributed by atoms with Crippen LogP contribution in [0.2, 0.25) is 0 Å². The Morgan fingerprint density at radius 2 is 1.62 bits per heavy atom. The first-order chi connectivity index (χ1) is 16.7. The normalized spacial score (nSPS) is 11.3. The molecule has 3 heterocycles. The fourth-order valence-electron chi connectivity index (χ4n) is 3.93. The Labute approximate surface area is 194 Å². The summed E-state index contributed by atoms with van der Waals surface area (Å²) in [6.45, 7) is 2.90. The topological polar surface area (TPSA) is 101 Å². The lowest BCUT2D eigenvalue weighted by atomic mass is 10.2. The zero-order valence-corrected chi connectivity index (χ0v) is 18.8. The molecule has 172 valence electrons. The molecule has 0 aliphatic heterocycles. The number of hydrogen-bond donors (Lipinski definition) is 0. The van der Waals surface area contributed by atoms with Crippen molar-refractivity contribution in [3.05, 3.63) is 99.3 Å². The molecule has 0 saturated heterocycles. The van der Waals surface area contributed by atoms with Gasteiger partial charge in [-0.05, 0) is 24.1 Å². The maximum Gasteiger partial charge on any atom is 0.333 e. The van der Waals surface area contributed by atoms with Crippen molar-refractivity contribution >= 4 is 11.2 Å². The van der Waals surface area contributed by atoms with E-state index in [9.17, 15) is 9.59 Å². The van der Waals surface area contributed by atoms with Crippen LogP contribution < -0.4 is 11.2 Å². The van der Waals surface area contributed by atoms with Crippen LogP contribution in [0.4, 0.5) is 0 Å². The van der Waals surface area contributed by atoms with Crippen molar-refractivity contribution in [1.29, 1.82) is 0 Å². The third kappa shape index (κ3) is 4.07. The summed E-state index contributed by atoms with van der Waals surface area (Å²) in [6, 6.07) is 19.0. The molecular weight excluding hydrogens is 432 g/mol. The molecule has 9 nitrogen and oxygen atoms in total. The van der Waals surface area contributed by atoms with Crippen LogP contribution in [0.5, 0.6) is 0 Å². The van der Waals surface area contributed by atoms with Crippen molar-refractivity contribution < 1.29 is 4.42 Å². The molecule has 0 amide bonds. The number of aryl methyl sites for hydroxylation is 1. The average Bonchev–Trinajstić information content (AvgIpc) is 3.52. The minimum absolute atomic E-state index is 0.124. The second-order valence-corrected chi connectivity index (χ2v) is 8.08. The number of rotatable bonds is 8. The van der Waals surface area contributed by atoms with E-state index in [0.29, 0.717) is 30.1 Å². The maximum atomic E-state index is 13.5. The summed E-state index contributed by atoms with van der Waals surface area (Å²) in [5, 5.41) is 8.16. The Hall–Kier alpha value is -4.27. The van der Waals surface area contributed by atoms with Gasteiger partial charge in [0.05, 0.1) is 12.9 Å². The van der Waals surface area contributed by atoms with Gasteiger partial charge in [0.25, 0.3) is 5.56 Å². The summed E-state index contributed by atoms with van der Waals surface area (Å²) < 4.78 is 10.3. The molecule has 0 fully saturated rings. The van der Waals surface area contributed by atoms with Gasteiger partial charge in [-0.3, -0.25) is 9.36 Å². The summed E-state index contributed by atoms with van der Waals surface area (Å²) in [6.07, 6.45) is 3.50. The summed E-state index contributed by atoms with van der Waals surface area (Å²) in [5.74, 6) is 0.519. The van der Waals surface area contributed by atoms with E-state index in [0.717, 1.165) is 28.5 Å². The van der Waals surface area contributed by atoms with E-state index < -0.39 is 11.2 Å². The first-order valence-corrected chi connectivity index (χ1v) is 11.3. The second-order valence-electron chi connectivity index (χ2n) is 8.08. The average molecular weight is 457 g/mol. The van der Waals surface area contributed by atoms with Gasteiger partial charge in [-0.25, -0.2) is 14.3 Å². The van der Waals surface area contributed by atoms with Crippen LogP contribution in [0.3, 0.4) is 0 Å². The third-order valence-corrected chi connectivity index (χ3v) is 5.70. The fraction of sp³-hybridized carbons (Fsp3) is 0.240. The largest absolute Gasteiger partial charge is 0.419 e. The highest BCUT2D eigenvalue weighted by Gasteiger charge is 2.20. The second kappa shape index (κ2) is 9.30. The lowest BCUT2D eigenvalue weighted by molar-refractivity contribution is 0.472. The van der Waals surface area contributed by atoms with E-state index in [2.05, 4.69) is 22.1 Å². The van der Waals surface area contributed by atoms with Gasteiger partial charge in [-0.2, -0.15) is 0 Å². The van der Waals surface area contributed by atoms with Gasteiger partial charge in [-0.15, -0.1) is 10.2 Å². The van der Waals surface area contributed by atoms with Gasteiger partial charge in [0.15, 0.2) is 11.2 Å². The predicted octanol–water partition coefficient (Wildman–Crippen LogP) is 3.31. The van der Waals surface area contributed by atoms with E-state index in [1.54, 1.807) is 6.33 Å². The Balaban J connectivity index is 1.61. The third-order valence-electron chi connectivity index (χ3n) is 5.70. The number of hydrogen-bond acceptors (Lipinski definition) is 6. The SMILES string of the molecule is CCCCn1cnc2c1c(=O)n(Cc1nnc(-c3ccccc3)o1)c(=O)n2Cc1ccccc1. The molecule has 3 aromatic heterocycles. The van der Waals surface area contributed by atoms with Crippen LogP contribution in [0.1, 0.15) is 31.2 Å². The number of aromatic nitrogens is 6. The Kier molecular flexibility index (Phi) is 5.90. The van der Waals surface area contributed by atoms with E-state index in [1.807, 2.05) is 65.2 Å². The van der Waals surface area contributed by atoms with Gasteiger partial charge < -0.3 is 8.98 Å². The van der Waals surface area contributed by atoms with Crippen molar-refractivity contribution in [1.82, 2.24) is 28.9 Å². The van der Waals surface area contributed by atoms with Crippen LogP contribution in [0.15, 0.2) is 81.0 Å². The molecule has 34 heavy (non-hydrogen) atoms. The molecule has 0 aliphatic rings. The molecule has 0 N–H and O–H groups in total. The van der Waals surface area contributed by atoms with E-state index >= 15 is 0 Å². The van der Waals surface area contributed by atoms with E-state index in [1.165, 1.54) is 4.57 Å². The Morgan fingerprint density at radius 1 is 0.882 bits per heavy atom. The number of benzene rings is 2. The monoisotopic (exact) mass is 456 g/mol. The molecule has 0 saturated carbocycles. The molecular formula is C25H24N6O3. The zero-order chi connectivity index (χ0) is 23.5. The van der Waals surface area contributed by atoms with E-state index in [-0.39, 0.29) is 12.4 Å². The fourth-order valence-corrected chi connectivity index (χ4v) is 3.93. The number of fused-ring (bicyclic) bond motifs is 1. The predicted molar refractivity (Wildman–Crippen MR) is 128 cm³/mol. The van der Waals surface area contributed by atoms with Crippen LogP contribution in [-0.2, 0) is 19.6 Å². The molecule has 0 unspecified atom stereocenters. The van der Waals surface area contributed by atoms with Gasteiger partial charge in [0.1, 0.15) is 6.54 Å². The van der Waals surface area contributed by atoms with Crippen LogP contribution in [0, 0.1) is 0 Å². The minimum atomic E-state index is -0.471. The lowest BCUT2D eigenvalue weighted by Gasteiger charge is -2.12. The first-order valence-electron chi connectivity index (χ1n) is 11.3. The van der Waals surface area contributed by atoms with Crippen LogP contribution >= 0.6 is 0 Å². The summed E-state index contributed by atoms with van der Waals surface area (Å²) in [4.78, 5) is 31.4. The van der Waals surface area contributed by atoms with Crippen molar-refractivity contribution in [3.8, 4) is 11.5 Å². The molecule has 0 radical (unpaired) electrons. The molecule has 5 aromatic rings. The molecule has 0 spiro atoms. The summed E-state index contributed by atoms with van der Waals surface area (Å²) in [5.41, 5.74) is 1.58. The van der Waals surface area contributed by atoms with Gasteiger partial charge in [0.2, 0.25) is 11.8 Å². The highest BCUT2D eigenvalue weighted by Crippen LogP contribution is 2.17. The smallest absolute Gasteiger partial charge is 0.333 e. The van der Waals surface area contributed by atoms with Crippen molar-refractivity contribution in [2.75, 3.05) is 0 Å². The maximum absolute atomic E-state index is 13.5. The number of unbranched alkanes of at least 4 members (excludes halogenated alkanes) is 1. The highest BCUT2D eigenvalue weighted by atomic mass is 16.4. The molecule has 0 aliphatic carbocycles. The molecule has 9 heteroatoms. The zero-order valence-electron chi connectivity index (χ0n) is 18.8. The quantitative estimate of drug-likeness (QED) is 0.355. The Bertz CT molecular complexity index is 1530. The molecule has 5 rings (SSSR count). The lowest BCUT2D eigenvalue weighted by Crippen LogP contribution is -2.41. The van der Waals surface area contributed by atoms with Crippen LogP contribution in [0.25, 0.3) is 22.6 Å². The minimum Gasteiger partial charge on any atom is -0.419 e. The van der Waals surface area contributed by atoms with Gasteiger partial charge in [-0.1, -0.05) is 61.9 Å². The van der Waals surface area contributed by atoms with Crippen molar-refractivity contribution in [2.24, 2.45) is 0 Å². The van der Waals surface area contributed by atoms with E-state index in [4.69, 9.17) is 4.42 Å². The highest BCUT2D eigenvalue weighted by molar-refractivity contribution is 5.70. The first kappa shape index (κ1) is 21.6. The van der Waals surface area contributed by atoms with Crippen molar-refractivity contribution in [2.45, 2.75) is 39.4 Å². The number of imidazole rings is 1. The summed E-state index contributed by atoms with van der Waals surface area (Å²) in [7, 11) is 0. The van der Waals surface area contributed by atoms with Crippen molar-refractivity contribution in [3.63, 3.8) is 0 Å².